The summed E-state index contributed by atoms with van der Waals surface area (Å²) < 4.78 is 16.5. The van der Waals surface area contributed by atoms with Crippen LogP contribution < -0.4 is 10.1 Å². The Bertz CT molecular complexity index is 901. The van der Waals surface area contributed by atoms with Crippen LogP contribution in [-0.4, -0.2) is 42.4 Å². The topological polar surface area (TPSA) is 94.1 Å². The third kappa shape index (κ3) is 4.75. The first kappa shape index (κ1) is 20.8. The Morgan fingerprint density at radius 3 is 2.38 bits per heavy atom. The van der Waals surface area contributed by atoms with E-state index >= 15 is 0 Å². The van der Waals surface area contributed by atoms with Gasteiger partial charge < -0.3 is 19.3 Å². The summed E-state index contributed by atoms with van der Waals surface area (Å²) in [6, 6.07) is 12.5. The molecule has 1 fully saturated rings. The SMILES string of the molecule is COc1ccc(-c2c(C(=O)OC(C)(C)C)cccc2C2NCC(C(=O)O)O2)cc1. The molecule has 0 amide bonds. The van der Waals surface area contributed by atoms with Crippen LogP contribution in [0.3, 0.4) is 0 Å². The molecule has 0 aromatic heterocycles. The molecule has 154 valence electrons. The van der Waals surface area contributed by atoms with Crippen molar-refractivity contribution in [2.45, 2.75) is 38.7 Å². The molecule has 1 aliphatic heterocycles. The van der Waals surface area contributed by atoms with Crippen molar-refractivity contribution in [2.24, 2.45) is 0 Å². The van der Waals surface area contributed by atoms with Crippen molar-refractivity contribution in [3.63, 3.8) is 0 Å². The standard InChI is InChI=1S/C22H25NO6/c1-22(2,3)29-21(26)16-7-5-6-15(19-23-12-17(28-19)20(24)25)18(16)13-8-10-14(27-4)11-9-13/h5-11,17,19,23H,12H2,1-4H3,(H,24,25). The summed E-state index contributed by atoms with van der Waals surface area (Å²) in [5.41, 5.74) is 1.80. The minimum atomic E-state index is -1.03. The summed E-state index contributed by atoms with van der Waals surface area (Å²) in [5, 5.41) is 12.3. The number of carbonyl (C=O) groups is 2. The number of esters is 1. The van der Waals surface area contributed by atoms with Crippen LogP contribution in [0.25, 0.3) is 11.1 Å². The van der Waals surface area contributed by atoms with Crippen molar-refractivity contribution in [3.05, 3.63) is 53.6 Å². The molecular formula is C22H25NO6. The smallest absolute Gasteiger partial charge is 0.339 e. The highest BCUT2D eigenvalue weighted by molar-refractivity contribution is 5.98. The van der Waals surface area contributed by atoms with Gasteiger partial charge in [-0.05, 0) is 44.5 Å². The lowest BCUT2D eigenvalue weighted by molar-refractivity contribution is -0.148. The van der Waals surface area contributed by atoms with Gasteiger partial charge in [0.15, 0.2) is 6.10 Å². The Kier molecular flexibility index (Phi) is 5.91. The molecule has 1 heterocycles. The van der Waals surface area contributed by atoms with Crippen molar-refractivity contribution in [1.82, 2.24) is 5.32 Å². The fraction of sp³-hybridized carbons (Fsp3) is 0.364. The minimum Gasteiger partial charge on any atom is -0.497 e. The molecule has 2 atom stereocenters. The number of methoxy groups -OCH3 is 1. The third-order valence-electron chi connectivity index (χ3n) is 4.44. The van der Waals surface area contributed by atoms with E-state index in [-0.39, 0.29) is 6.54 Å². The van der Waals surface area contributed by atoms with Gasteiger partial charge in [0.1, 0.15) is 17.6 Å². The van der Waals surface area contributed by atoms with Crippen molar-refractivity contribution in [3.8, 4) is 16.9 Å². The van der Waals surface area contributed by atoms with Gasteiger partial charge in [0.25, 0.3) is 0 Å². The number of nitrogens with one attached hydrogen (secondary N) is 1. The molecule has 0 spiro atoms. The average molecular weight is 399 g/mol. The summed E-state index contributed by atoms with van der Waals surface area (Å²) in [5.74, 6) is -0.807. The molecule has 0 radical (unpaired) electrons. The molecule has 2 aromatic rings. The number of carboxylic acids is 1. The number of aliphatic carboxylic acids is 1. The van der Waals surface area contributed by atoms with Crippen LogP contribution in [-0.2, 0) is 14.3 Å². The average Bonchev–Trinajstić information content (AvgIpc) is 3.16. The number of rotatable bonds is 5. The van der Waals surface area contributed by atoms with Crippen LogP contribution in [0, 0.1) is 0 Å². The van der Waals surface area contributed by atoms with Crippen molar-refractivity contribution >= 4 is 11.9 Å². The van der Waals surface area contributed by atoms with Crippen molar-refractivity contribution in [2.75, 3.05) is 13.7 Å². The van der Waals surface area contributed by atoms with E-state index in [1.54, 1.807) is 52.1 Å². The van der Waals surface area contributed by atoms with Crippen molar-refractivity contribution in [1.29, 1.82) is 0 Å². The summed E-state index contributed by atoms with van der Waals surface area (Å²) in [6.07, 6.45) is -1.61. The van der Waals surface area contributed by atoms with Gasteiger partial charge in [0, 0.05) is 17.7 Å². The molecule has 29 heavy (non-hydrogen) atoms. The summed E-state index contributed by atoms with van der Waals surface area (Å²) in [7, 11) is 1.58. The van der Waals surface area contributed by atoms with Gasteiger partial charge in [-0.15, -0.1) is 0 Å². The molecule has 1 saturated heterocycles. The summed E-state index contributed by atoms with van der Waals surface area (Å²) in [4.78, 5) is 24.2. The predicted molar refractivity (Wildman–Crippen MR) is 107 cm³/mol. The normalized spacial score (nSPS) is 19.0. The number of carboxylic acid groups (broad SMARTS) is 1. The fourth-order valence-corrected chi connectivity index (χ4v) is 3.18. The molecule has 0 saturated carbocycles. The largest absolute Gasteiger partial charge is 0.497 e. The number of hydrogen-bond acceptors (Lipinski definition) is 6. The van der Waals surface area contributed by atoms with Crippen LogP contribution >= 0.6 is 0 Å². The molecule has 1 aliphatic rings. The van der Waals surface area contributed by atoms with Gasteiger partial charge in [-0.25, -0.2) is 9.59 Å². The number of carbonyl (C=O) groups excluding carboxylic acids is 1. The molecule has 0 aliphatic carbocycles. The number of benzene rings is 2. The lowest BCUT2D eigenvalue weighted by Crippen LogP contribution is -2.25. The predicted octanol–water partition coefficient (Wildman–Crippen LogP) is 3.39. The van der Waals surface area contributed by atoms with E-state index in [9.17, 15) is 14.7 Å². The van der Waals surface area contributed by atoms with Crippen molar-refractivity contribution < 1.29 is 28.9 Å². The monoisotopic (exact) mass is 399 g/mol. The highest BCUT2D eigenvalue weighted by Crippen LogP contribution is 2.36. The zero-order valence-electron chi connectivity index (χ0n) is 16.9. The van der Waals surface area contributed by atoms with E-state index in [1.165, 1.54) is 0 Å². The first-order valence-corrected chi connectivity index (χ1v) is 9.32. The van der Waals surface area contributed by atoms with Crippen LogP contribution in [0.2, 0.25) is 0 Å². The Morgan fingerprint density at radius 2 is 1.83 bits per heavy atom. The first-order chi connectivity index (χ1) is 13.7. The quantitative estimate of drug-likeness (QED) is 0.744. The molecule has 2 unspecified atom stereocenters. The zero-order valence-corrected chi connectivity index (χ0v) is 16.9. The van der Waals surface area contributed by atoms with E-state index < -0.39 is 29.9 Å². The molecule has 0 bridgehead atoms. The maximum Gasteiger partial charge on any atom is 0.339 e. The Labute approximate surface area is 169 Å². The van der Waals surface area contributed by atoms with Crippen LogP contribution in [0.4, 0.5) is 0 Å². The lowest BCUT2D eigenvalue weighted by Gasteiger charge is -2.23. The fourth-order valence-electron chi connectivity index (χ4n) is 3.18. The molecule has 2 N–H and O–H groups in total. The second kappa shape index (κ2) is 8.23. The van der Waals surface area contributed by atoms with E-state index in [0.717, 1.165) is 5.56 Å². The van der Waals surface area contributed by atoms with Gasteiger partial charge in [-0.2, -0.15) is 0 Å². The van der Waals surface area contributed by atoms with Gasteiger partial charge in [-0.3, -0.25) is 5.32 Å². The minimum absolute atomic E-state index is 0.179. The highest BCUT2D eigenvalue weighted by Gasteiger charge is 2.33. The number of ether oxygens (including phenoxy) is 3. The van der Waals surface area contributed by atoms with Gasteiger partial charge in [0.05, 0.1) is 12.7 Å². The maximum absolute atomic E-state index is 12.9. The Morgan fingerprint density at radius 1 is 1.14 bits per heavy atom. The van der Waals surface area contributed by atoms with Crippen LogP contribution in [0.1, 0.15) is 42.9 Å². The maximum atomic E-state index is 12.9. The molecule has 3 rings (SSSR count). The highest BCUT2D eigenvalue weighted by atomic mass is 16.6. The first-order valence-electron chi connectivity index (χ1n) is 9.32. The van der Waals surface area contributed by atoms with E-state index in [0.29, 0.717) is 22.4 Å². The number of hydrogen-bond donors (Lipinski definition) is 2. The Balaban J connectivity index is 2.09. The zero-order chi connectivity index (χ0) is 21.2. The summed E-state index contributed by atoms with van der Waals surface area (Å²) >= 11 is 0. The molecular weight excluding hydrogens is 374 g/mol. The van der Waals surface area contributed by atoms with E-state index in [4.69, 9.17) is 14.2 Å². The molecule has 7 heteroatoms. The lowest BCUT2D eigenvalue weighted by atomic mass is 9.93. The van der Waals surface area contributed by atoms with Gasteiger partial charge in [-0.1, -0.05) is 24.3 Å². The second-order valence-corrected chi connectivity index (χ2v) is 7.75. The third-order valence-corrected chi connectivity index (χ3v) is 4.44. The van der Waals surface area contributed by atoms with Crippen LogP contribution in [0.5, 0.6) is 5.75 Å². The molecule has 7 nitrogen and oxygen atoms in total. The Hall–Kier alpha value is -2.90. The molecule has 2 aromatic carbocycles. The van der Waals surface area contributed by atoms with E-state index in [2.05, 4.69) is 5.32 Å². The van der Waals surface area contributed by atoms with Gasteiger partial charge >= 0.3 is 11.9 Å². The van der Waals surface area contributed by atoms with E-state index in [1.807, 2.05) is 18.2 Å². The van der Waals surface area contributed by atoms with Crippen LogP contribution in [0.15, 0.2) is 42.5 Å². The van der Waals surface area contributed by atoms with Gasteiger partial charge in [0.2, 0.25) is 0 Å². The second-order valence-electron chi connectivity index (χ2n) is 7.75. The summed E-state index contributed by atoms with van der Waals surface area (Å²) in [6.45, 7) is 5.60.